The molecule has 0 saturated heterocycles. The van der Waals surface area contributed by atoms with Crippen LogP contribution in [-0.4, -0.2) is 5.91 Å². The first-order chi connectivity index (χ1) is 9.95. The zero-order valence-corrected chi connectivity index (χ0v) is 11.0. The van der Waals surface area contributed by atoms with Crippen molar-refractivity contribution >= 4 is 5.91 Å². The molecule has 0 spiro atoms. The Morgan fingerprint density at radius 2 is 2.11 bits per heavy atom. The van der Waals surface area contributed by atoms with E-state index in [0.717, 1.165) is 37.2 Å². The zero-order valence-electron chi connectivity index (χ0n) is 14.0. The van der Waals surface area contributed by atoms with Crippen LogP contribution in [0.25, 0.3) is 0 Å². The second kappa shape index (κ2) is 6.03. The van der Waals surface area contributed by atoms with Crippen molar-refractivity contribution in [1.82, 2.24) is 0 Å². The van der Waals surface area contributed by atoms with E-state index in [1.165, 1.54) is 12.8 Å². The number of amides is 1. The van der Waals surface area contributed by atoms with Crippen molar-refractivity contribution < 1.29 is 8.91 Å². The molecule has 0 unspecified atom stereocenters. The molecule has 0 heterocycles. The normalized spacial score (nSPS) is 26.2. The van der Waals surface area contributed by atoms with E-state index in [4.69, 9.17) is 9.85 Å². The molecule has 18 heavy (non-hydrogen) atoms. The molecule has 2 N–H and O–H groups in total. The summed E-state index contributed by atoms with van der Waals surface area (Å²) in [5.74, 6) is 0.296. The monoisotopic (exact) mass is 248 g/mol. The number of primary amides is 1. The van der Waals surface area contributed by atoms with Gasteiger partial charge in [0.25, 0.3) is 0 Å². The molecule has 0 atom stereocenters. The van der Waals surface area contributed by atoms with Gasteiger partial charge in [-0.1, -0.05) is 31.9 Å². The first-order valence-electron chi connectivity index (χ1n) is 8.36. The first-order valence-corrected chi connectivity index (χ1v) is 6.86. The number of rotatable bonds is 4. The summed E-state index contributed by atoms with van der Waals surface area (Å²) in [6, 6.07) is 1.26. The molecule has 0 radical (unpaired) electrons. The SMILES string of the molecule is [2H]c1c(C(N)=O)cc(C2CCC(CCC)CC2)c([2H])c1[2H]. The van der Waals surface area contributed by atoms with Gasteiger partial charge in [-0.2, -0.15) is 0 Å². The average molecular weight is 248 g/mol. The molecule has 2 nitrogen and oxygen atoms in total. The maximum Gasteiger partial charge on any atom is 0.248 e. The summed E-state index contributed by atoms with van der Waals surface area (Å²) in [5, 5.41) is 0. The van der Waals surface area contributed by atoms with Crippen molar-refractivity contribution in [2.24, 2.45) is 11.7 Å². The van der Waals surface area contributed by atoms with Gasteiger partial charge in [0.05, 0.1) is 4.11 Å². The second-order valence-corrected chi connectivity index (χ2v) is 5.26. The Labute approximate surface area is 114 Å². The number of carbonyl (C=O) groups excluding carboxylic acids is 1. The molecule has 1 amide bonds. The van der Waals surface area contributed by atoms with Gasteiger partial charge in [-0.25, -0.2) is 0 Å². The predicted molar refractivity (Wildman–Crippen MR) is 74.6 cm³/mol. The van der Waals surface area contributed by atoms with Crippen LogP contribution < -0.4 is 5.73 Å². The minimum absolute atomic E-state index is 0.0710. The van der Waals surface area contributed by atoms with Gasteiger partial charge in [-0.15, -0.1) is 0 Å². The fourth-order valence-electron chi connectivity index (χ4n) is 2.92. The maximum atomic E-state index is 11.4. The van der Waals surface area contributed by atoms with E-state index in [2.05, 4.69) is 6.92 Å². The third-order valence-electron chi connectivity index (χ3n) is 3.95. The minimum atomic E-state index is -0.686. The van der Waals surface area contributed by atoms with Crippen LogP contribution in [0.5, 0.6) is 0 Å². The lowest BCUT2D eigenvalue weighted by Gasteiger charge is -2.28. The van der Waals surface area contributed by atoms with Gasteiger partial charge < -0.3 is 5.73 Å². The van der Waals surface area contributed by atoms with Crippen molar-refractivity contribution in [3.63, 3.8) is 0 Å². The smallest absolute Gasteiger partial charge is 0.248 e. The fourth-order valence-corrected chi connectivity index (χ4v) is 2.92. The third-order valence-corrected chi connectivity index (χ3v) is 3.95. The van der Waals surface area contributed by atoms with E-state index in [9.17, 15) is 4.79 Å². The summed E-state index contributed by atoms with van der Waals surface area (Å²) < 4.78 is 23.7. The Hall–Kier alpha value is -1.31. The van der Waals surface area contributed by atoms with Crippen LogP contribution in [0.2, 0.25) is 0 Å². The van der Waals surface area contributed by atoms with Crippen LogP contribution in [-0.2, 0) is 0 Å². The minimum Gasteiger partial charge on any atom is -0.366 e. The molecule has 0 aromatic heterocycles. The molecule has 2 heteroatoms. The van der Waals surface area contributed by atoms with Crippen LogP contribution in [0.15, 0.2) is 24.2 Å². The van der Waals surface area contributed by atoms with Crippen LogP contribution >= 0.6 is 0 Å². The lowest BCUT2D eigenvalue weighted by Crippen LogP contribution is -2.15. The molecule has 1 aromatic rings. The highest BCUT2D eigenvalue weighted by molar-refractivity contribution is 5.92. The van der Waals surface area contributed by atoms with Crippen molar-refractivity contribution in [2.75, 3.05) is 0 Å². The lowest BCUT2D eigenvalue weighted by molar-refractivity contribution is 0.1000. The van der Waals surface area contributed by atoms with Crippen LogP contribution in [0.1, 0.15) is 71.4 Å². The predicted octanol–water partition coefficient (Wildman–Crippen LogP) is 3.86. The van der Waals surface area contributed by atoms with Gasteiger partial charge in [0.1, 0.15) is 0 Å². The fraction of sp³-hybridized carbons (Fsp3) is 0.562. The van der Waals surface area contributed by atoms with Crippen LogP contribution in [0.4, 0.5) is 0 Å². The van der Waals surface area contributed by atoms with Gasteiger partial charge >= 0.3 is 0 Å². The highest BCUT2D eigenvalue weighted by Gasteiger charge is 2.22. The lowest BCUT2D eigenvalue weighted by atomic mass is 9.77. The molecular weight excluding hydrogens is 222 g/mol. The summed E-state index contributed by atoms with van der Waals surface area (Å²) in [6.07, 6.45) is 6.72. The average Bonchev–Trinajstić information content (AvgIpc) is 2.46. The standard InChI is InChI=1S/C16H23NO/c1-2-4-12-7-9-13(10-8-12)14-5-3-6-15(11-14)16(17)18/h3,5-6,11-13H,2,4,7-10H2,1H3,(H2,17,18)/i3D,5D,6D. The van der Waals surface area contributed by atoms with Crippen molar-refractivity contribution in [3.05, 3.63) is 35.3 Å². The largest absolute Gasteiger partial charge is 0.366 e. The summed E-state index contributed by atoms with van der Waals surface area (Å²) in [7, 11) is 0. The zero-order chi connectivity index (χ0) is 15.6. The molecular formula is C16H23NO. The Morgan fingerprint density at radius 3 is 2.72 bits per heavy atom. The number of benzene rings is 1. The van der Waals surface area contributed by atoms with Gasteiger partial charge in [0, 0.05) is 5.56 Å². The van der Waals surface area contributed by atoms with E-state index in [-0.39, 0.29) is 29.6 Å². The van der Waals surface area contributed by atoms with E-state index in [0.29, 0.717) is 0 Å². The van der Waals surface area contributed by atoms with Gasteiger partial charge in [0.2, 0.25) is 5.91 Å². The van der Waals surface area contributed by atoms with E-state index in [1.54, 1.807) is 6.07 Å². The van der Waals surface area contributed by atoms with Crippen LogP contribution in [0.3, 0.4) is 0 Å². The molecule has 1 aliphatic rings. The van der Waals surface area contributed by atoms with E-state index in [1.807, 2.05) is 0 Å². The number of hydrogen-bond acceptors (Lipinski definition) is 1. The Kier molecular flexibility index (Phi) is 3.22. The molecule has 98 valence electrons. The second-order valence-electron chi connectivity index (χ2n) is 5.26. The molecule has 1 aromatic carbocycles. The summed E-state index contributed by atoms with van der Waals surface area (Å²) in [5.41, 5.74) is 6.08. The Balaban J connectivity index is 2.26. The molecule has 1 saturated carbocycles. The quantitative estimate of drug-likeness (QED) is 0.863. The van der Waals surface area contributed by atoms with Crippen molar-refractivity contribution in [2.45, 2.75) is 51.4 Å². The summed E-state index contributed by atoms with van der Waals surface area (Å²) >= 11 is 0. The molecule has 0 bridgehead atoms. The highest BCUT2D eigenvalue weighted by atomic mass is 16.1. The Bertz CT molecular complexity index is 537. The number of nitrogens with two attached hydrogens (primary N) is 1. The Morgan fingerprint density at radius 1 is 1.39 bits per heavy atom. The molecule has 2 rings (SSSR count). The number of carbonyl (C=O) groups is 1. The summed E-state index contributed by atoms with van der Waals surface area (Å²) in [6.45, 7) is 2.20. The maximum absolute atomic E-state index is 11.4. The van der Waals surface area contributed by atoms with Gasteiger partial charge in [-0.05, 0) is 55.2 Å². The van der Waals surface area contributed by atoms with Gasteiger partial charge in [-0.3, -0.25) is 4.79 Å². The van der Waals surface area contributed by atoms with Gasteiger partial charge in [0.15, 0.2) is 0 Å². The summed E-state index contributed by atoms with van der Waals surface area (Å²) in [4.78, 5) is 11.4. The van der Waals surface area contributed by atoms with E-state index >= 15 is 0 Å². The first kappa shape index (κ1) is 9.60. The molecule has 1 fully saturated rings. The topological polar surface area (TPSA) is 43.1 Å². The van der Waals surface area contributed by atoms with Crippen LogP contribution in [0, 0.1) is 5.92 Å². The molecule has 0 aliphatic heterocycles. The third kappa shape index (κ3) is 3.12. The number of hydrogen-bond donors (Lipinski definition) is 1. The highest BCUT2D eigenvalue weighted by Crippen LogP contribution is 2.37. The van der Waals surface area contributed by atoms with E-state index < -0.39 is 5.91 Å². The molecule has 1 aliphatic carbocycles. The van der Waals surface area contributed by atoms with Crippen molar-refractivity contribution in [3.8, 4) is 0 Å². The van der Waals surface area contributed by atoms with Crippen molar-refractivity contribution in [1.29, 1.82) is 0 Å².